The zero-order valence-corrected chi connectivity index (χ0v) is 15.7. The Hall–Kier alpha value is -2.66. The summed E-state index contributed by atoms with van der Waals surface area (Å²) in [5, 5.41) is 5.04. The highest BCUT2D eigenvalue weighted by molar-refractivity contribution is 7.89. The van der Waals surface area contributed by atoms with Crippen molar-refractivity contribution in [2.75, 3.05) is 25.0 Å². The molecule has 1 aromatic heterocycles. The van der Waals surface area contributed by atoms with Crippen LogP contribution >= 0.6 is 0 Å². The van der Waals surface area contributed by atoms with Crippen molar-refractivity contribution in [1.29, 1.82) is 0 Å². The van der Waals surface area contributed by atoms with E-state index in [4.69, 9.17) is 0 Å². The SMILES string of the molecule is CCNS(=O)(=O)c1cccc(C(=O)NCCNc2ncccc2C(F)(F)F)c1. The fourth-order valence-corrected chi connectivity index (χ4v) is 3.40. The summed E-state index contributed by atoms with van der Waals surface area (Å²) >= 11 is 0. The Bertz CT molecular complexity index is 933. The van der Waals surface area contributed by atoms with E-state index in [0.717, 1.165) is 6.07 Å². The van der Waals surface area contributed by atoms with Gasteiger partial charge in [0.1, 0.15) is 5.82 Å². The van der Waals surface area contributed by atoms with Gasteiger partial charge in [-0.3, -0.25) is 4.79 Å². The molecule has 3 N–H and O–H groups in total. The van der Waals surface area contributed by atoms with E-state index in [9.17, 15) is 26.4 Å². The van der Waals surface area contributed by atoms with Crippen molar-refractivity contribution in [3.05, 3.63) is 53.7 Å². The van der Waals surface area contributed by atoms with Gasteiger partial charge >= 0.3 is 6.18 Å². The van der Waals surface area contributed by atoms with Gasteiger partial charge in [0.15, 0.2) is 0 Å². The van der Waals surface area contributed by atoms with Gasteiger partial charge in [0.25, 0.3) is 5.91 Å². The minimum Gasteiger partial charge on any atom is -0.368 e. The van der Waals surface area contributed by atoms with Gasteiger partial charge in [0, 0.05) is 31.4 Å². The molecule has 0 unspecified atom stereocenters. The number of amides is 1. The molecular weight excluding hydrogens is 397 g/mol. The molecule has 0 aliphatic carbocycles. The molecule has 1 aromatic carbocycles. The maximum absolute atomic E-state index is 12.9. The molecular formula is C17H19F3N4O3S. The van der Waals surface area contributed by atoms with Crippen molar-refractivity contribution in [2.24, 2.45) is 0 Å². The van der Waals surface area contributed by atoms with Gasteiger partial charge in [0.2, 0.25) is 10.0 Å². The monoisotopic (exact) mass is 416 g/mol. The van der Waals surface area contributed by atoms with E-state index in [1.54, 1.807) is 6.92 Å². The van der Waals surface area contributed by atoms with Crippen LogP contribution in [0, 0.1) is 0 Å². The van der Waals surface area contributed by atoms with Crippen molar-refractivity contribution in [3.63, 3.8) is 0 Å². The van der Waals surface area contributed by atoms with E-state index in [0.29, 0.717) is 0 Å². The number of halogens is 3. The number of hydrogen-bond acceptors (Lipinski definition) is 5. The van der Waals surface area contributed by atoms with Crippen molar-refractivity contribution in [3.8, 4) is 0 Å². The lowest BCUT2D eigenvalue weighted by Gasteiger charge is -2.13. The van der Waals surface area contributed by atoms with E-state index in [2.05, 4.69) is 20.3 Å². The minimum absolute atomic E-state index is 0.00120. The smallest absolute Gasteiger partial charge is 0.368 e. The van der Waals surface area contributed by atoms with Gasteiger partial charge in [-0.15, -0.1) is 0 Å². The molecule has 1 heterocycles. The Kier molecular flexibility index (Phi) is 6.97. The average Bonchev–Trinajstić information content (AvgIpc) is 2.64. The molecule has 0 saturated carbocycles. The van der Waals surface area contributed by atoms with Gasteiger partial charge < -0.3 is 10.6 Å². The van der Waals surface area contributed by atoms with Crippen LogP contribution in [0.3, 0.4) is 0 Å². The fourth-order valence-electron chi connectivity index (χ4n) is 2.31. The van der Waals surface area contributed by atoms with Crippen LogP contribution in [-0.4, -0.2) is 38.9 Å². The predicted octanol–water partition coefficient (Wildman–Crippen LogP) is 2.24. The Morgan fingerprint density at radius 2 is 1.89 bits per heavy atom. The molecule has 0 saturated heterocycles. The number of alkyl halides is 3. The number of nitrogens with one attached hydrogen (secondary N) is 3. The van der Waals surface area contributed by atoms with Crippen LogP contribution < -0.4 is 15.4 Å². The largest absolute Gasteiger partial charge is 0.419 e. The topological polar surface area (TPSA) is 100 Å². The fraction of sp³-hybridized carbons (Fsp3) is 0.294. The third-order valence-corrected chi connectivity index (χ3v) is 5.10. The number of hydrogen-bond donors (Lipinski definition) is 3. The number of nitrogens with zero attached hydrogens (tertiary/aromatic N) is 1. The van der Waals surface area contributed by atoms with Gasteiger partial charge in [-0.25, -0.2) is 18.1 Å². The number of sulfonamides is 1. The second-order valence-corrected chi connectivity index (χ2v) is 7.38. The van der Waals surface area contributed by atoms with Crippen LogP contribution in [0.25, 0.3) is 0 Å². The molecule has 0 aliphatic rings. The highest BCUT2D eigenvalue weighted by atomic mass is 32.2. The Labute approximate surface area is 160 Å². The molecule has 2 rings (SSSR count). The molecule has 0 atom stereocenters. The van der Waals surface area contributed by atoms with Crippen molar-refractivity contribution in [1.82, 2.24) is 15.0 Å². The molecule has 0 spiro atoms. The van der Waals surface area contributed by atoms with E-state index in [1.807, 2.05) is 0 Å². The minimum atomic E-state index is -4.54. The standard InChI is InChI=1S/C17H19F3N4O3S/c1-2-24-28(26,27)13-6-3-5-12(11-13)16(25)23-10-9-22-15-14(17(18,19)20)7-4-8-21-15/h3-8,11,24H,2,9-10H2,1H3,(H,21,22)(H,23,25). The molecule has 0 fully saturated rings. The highest BCUT2D eigenvalue weighted by Gasteiger charge is 2.33. The second-order valence-electron chi connectivity index (χ2n) is 5.61. The molecule has 28 heavy (non-hydrogen) atoms. The van der Waals surface area contributed by atoms with Crippen LogP contribution in [0.4, 0.5) is 19.0 Å². The average molecular weight is 416 g/mol. The number of anilines is 1. The van der Waals surface area contributed by atoms with E-state index in [-0.39, 0.29) is 35.9 Å². The predicted molar refractivity (Wildman–Crippen MR) is 97.4 cm³/mol. The quantitative estimate of drug-likeness (QED) is 0.573. The summed E-state index contributed by atoms with van der Waals surface area (Å²) in [5.41, 5.74) is -0.782. The van der Waals surface area contributed by atoms with Gasteiger partial charge in [-0.1, -0.05) is 13.0 Å². The lowest BCUT2D eigenvalue weighted by atomic mass is 10.2. The van der Waals surface area contributed by atoms with E-state index < -0.39 is 27.7 Å². The van der Waals surface area contributed by atoms with Crippen LogP contribution in [0.1, 0.15) is 22.8 Å². The summed E-state index contributed by atoms with van der Waals surface area (Å²) in [5.74, 6) is -0.879. The summed E-state index contributed by atoms with van der Waals surface area (Å²) in [4.78, 5) is 15.8. The molecule has 11 heteroatoms. The summed E-state index contributed by atoms with van der Waals surface area (Å²) in [7, 11) is -3.70. The van der Waals surface area contributed by atoms with Gasteiger partial charge in [0.05, 0.1) is 10.5 Å². The van der Waals surface area contributed by atoms with Gasteiger partial charge in [-0.05, 0) is 30.3 Å². The zero-order valence-electron chi connectivity index (χ0n) is 14.9. The Balaban J connectivity index is 1.96. The molecule has 2 aromatic rings. The zero-order chi connectivity index (χ0) is 20.8. The number of pyridine rings is 1. The normalized spacial score (nSPS) is 11.9. The third kappa shape index (κ3) is 5.67. The first kappa shape index (κ1) is 21.6. The summed E-state index contributed by atoms with van der Waals surface area (Å²) in [6.07, 6.45) is -3.31. The van der Waals surface area contributed by atoms with E-state index in [1.165, 1.54) is 36.5 Å². The van der Waals surface area contributed by atoms with Crippen LogP contribution in [0.15, 0.2) is 47.5 Å². The van der Waals surface area contributed by atoms with Crippen molar-refractivity contribution in [2.45, 2.75) is 18.0 Å². The number of benzene rings is 1. The second kappa shape index (κ2) is 9.02. The molecule has 0 bridgehead atoms. The third-order valence-electron chi connectivity index (χ3n) is 3.56. The number of aromatic nitrogens is 1. The maximum atomic E-state index is 12.9. The summed E-state index contributed by atoms with van der Waals surface area (Å²) in [6.45, 7) is 1.85. The molecule has 0 aliphatic heterocycles. The first-order valence-corrected chi connectivity index (χ1v) is 9.77. The molecule has 0 radical (unpaired) electrons. The van der Waals surface area contributed by atoms with Gasteiger partial charge in [-0.2, -0.15) is 13.2 Å². The van der Waals surface area contributed by atoms with Crippen LogP contribution in [-0.2, 0) is 16.2 Å². The van der Waals surface area contributed by atoms with Crippen LogP contribution in [0.2, 0.25) is 0 Å². The first-order chi connectivity index (χ1) is 13.1. The van der Waals surface area contributed by atoms with Crippen LogP contribution in [0.5, 0.6) is 0 Å². The Morgan fingerprint density at radius 1 is 1.14 bits per heavy atom. The molecule has 152 valence electrons. The summed E-state index contributed by atoms with van der Waals surface area (Å²) in [6, 6.07) is 7.54. The Morgan fingerprint density at radius 3 is 2.57 bits per heavy atom. The highest BCUT2D eigenvalue weighted by Crippen LogP contribution is 2.33. The molecule has 7 nitrogen and oxygen atoms in total. The number of carbonyl (C=O) groups is 1. The molecule has 1 amide bonds. The summed E-state index contributed by atoms with van der Waals surface area (Å²) < 4.78 is 65.0. The first-order valence-electron chi connectivity index (χ1n) is 8.29. The van der Waals surface area contributed by atoms with Crippen molar-refractivity contribution >= 4 is 21.7 Å². The lowest BCUT2D eigenvalue weighted by Crippen LogP contribution is -2.29. The van der Waals surface area contributed by atoms with E-state index >= 15 is 0 Å². The number of rotatable bonds is 8. The lowest BCUT2D eigenvalue weighted by molar-refractivity contribution is -0.137. The number of carbonyl (C=O) groups excluding carboxylic acids is 1. The van der Waals surface area contributed by atoms with Crippen molar-refractivity contribution < 1.29 is 26.4 Å². The maximum Gasteiger partial charge on any atom is 0.419 e.